The second-order valence-corrected chi connectivity index (χ2v) is 9.47. The molecule has 27 heavy (non-hydrogen) atoms. The summed E-state index contributed by atoms with van der Waals surface area (Å²) in [6.45, 7) is 2.29. The molecule has 0 amide bonds. The lowest BCUT2D eigenvalue weighted by Crippen LogP contribution is -1.90. The van der Waals surface area contributed by atoms with Gasteiger partial charge in [-0.15, -0.1) is 0 Å². The first-order valence-corrected chi connectivity index (χ1v) is 12.2. The molecule has 3 aromatic rings. The molecule has 0 radical (unpaired) electrons. The highest BCUT2D eigenvalue weighted by Crippen LogP contribution is 2.34. The van der Waals surface area contributed by atoms with Gasteiger partial charge in [-0.1, -0.05) is 109 Å². The largest absolute Gasteiger partial charge is 0.354 e. The fourth-order valence-electron chi connectivity index (χ4n) is 4.01. The van der Waals surface area contributed by atoms with Gasteiger partial charge in [0.25, 0.3) is 0 Å². The van der Waals surface area contributed by atoms with Crippen LogP contribution in [0.5, 0.6) is 0 Å². The van der Waals surface area contributed by atoms with E-state index in [9.17, 15) is 0 Å². The van der Waals surface area contributed by atoms with E-state index in [-0.39, 0.29) is 0 Å². The van der Waals surface area contributed by atoms with Gasteiger partial charge in [0.2, 0.25) is 0 Å². The summed E-state index contributed by atoms with van der Waals surface area (Å²) in [7, 11) is 0. The molecule has 1 N–H and O–H groups in total. The van der Waals surface area contributed by atoms with Gasteiger partial charge >= 0.3 is 0 Å². The minimum absolute atomic E-state index is 1.12. The summed E-state index contributed by atoms with van der Waals surface area (Å²) in [6.07, 6.45) is 15.0. The Bertz CT molecular complexity index is 866. The third kappa shape index (κ3) is 5.60. The van der Waals surface area contributed by atoms with Crippen LogP contribution in [0.3, 0.4) is 0 Å². The molecule has 0 aliphatic heterocycles. The van der Waals surface area contributed by atoms with Gasteiger partial charge in [0.1, 0.15) is 0 Å². The molecule has 0 saturated carbocycles. The first kappa shape index (κ1) is 20.9. The highest BCUT2D eigenvalue weighted by atomic mass is 79.9. The first-order valence-electron chi connectivity index (χ1n) is 10.6. The maximum Gasteiger partial charge on any atom is 0.0508 e. The number of hydrogen-bond donors (Lipinski definition) is 1. The Morgan fingerprint density at radius 1 is 0.741 bits per heavy atom. The number of hydrogen-bond acceptors (Lipinski definition) is 0. The van der Waals surface area contributed by atoms with Crippen molar-refractivity contribution in [3.8, 4) is 0 Å². The van der Waals surface area contributed by atoms with Crippen molar-refractivity contribution >= 4 is 53.7 Å². The summed E-state index contributed by atoms with van der Waals surface area (Å²) < 4.78 is 2.36. The monoisotopic (exact) mass is 491 g/mol. The Labute approximate surface area is 180 Å². The van der Waals surface area contributed by atoms with Crippen LogP contribution in [0.4, 0.5) is 0 Å². The van der Waals surface area contributed by atoms with E-state index in [1.54, 1.807) is 0 Å². The molecule has 0 unspecified atom stereocenters. The number of aromatic amines is 1. The van der Waals surface area contributed by atoms with Crippen molar-refractivity contribution in [2.45, 2.75) is 77.6 Å². The van der Waals surface area contributed by atoms with Crippen LogP contribution in [-0.4, -0.2) is 4.98 Å². The van der Waals surface area contributed by atoms with Crippen molar-refractivity contribution in [1.82, 2.24) is 4.98 Å². The summed E-state index contributed by atoms with van der Waals surface area (Å²) in [5, 5.41) is 2.65. The lowest BCUT2D eigenvalue weighted by molar-refractivity contribution is 0.556. The molecular weight excluding hydrogens is 462 g/mol. The Balaban J connectivity index is 1.53. The minimum atomic E-state index is 1.12. The molecule has 3 rings (SSSR count). The summed E-state index contributed by atoms with van der Waals surface area (Å²) in [5.41, 5.74) is 3.94. The van der Waals surface area contributed by atoms with Crippen molar-refractivity contribution in [2.24, 2.45) is 0 Å². The number of aromatic nitrogens is 1. The van der Waals surface area contributed by atoms with Gasteiger partial charge in [-0.05, 0) is 36.6 Å². The molecule has 0 spiro atoms. The van der Waals surface area contributed by atoms with Crippen LogP contribution in [0.25, 0.3) is 21.8 Å². The molecule has 1 nitrogen and oxygen atoms in total. The molecule has 0 aliphatic rings. The number of aryl methyl sites for hydroxylation is 1. The molecular formula is C24H31Br2N. The van der Waals surface area contributed by atoms with E-state index in [2.05, 4.69) is 74.1 Å². The SMILES string of the molecule is CCCCCCCCCCCCc1c(Br)ccc2c1[nH]c1cc(Br)ccc12. The highest BCUT2D eigenvalue weighted by Gasteiger charge is 2.11. The summed E-state index contributed by atoms with van der Waals surface area (Å²) >= 11 is 7.37. The number of halogens is 2. The van der Waals surface area contributed by atoms with Crippen LogP contribution in [0, 0.1) is 0 Å². The summed E-state index contributed by atoms with van der Waals surface area (Å²) in [4.78, 5) is 3.65. The van der Waals surface area contributed by atoms with Gasteiger partial charge in [0.05, 0.1) is 5.52 Å². The van der Waals surface area contributed by atoms with E-state index in [1.165, 1.54) is 96.1 Å². The van der Waals surface area contributed by atoms with Crippen LogP contribution in [0.15, 0.2) is 39.3 Å². The van der Waals surface area contributed by atoms with E-state index >= 15 is 0 Å². The minimum Gasteiger partial charge on any atom is -0.354 e. The maximum atomic E-state index is 3.78. The van der Waals surface area contributed by atoms with Gasteiger partial charge in [-0.25, -0.2) is 0 Å². The van der Waals surface area contributed by atoms with Crippen molar-refractivity contribution in [3.05, 3.63) is 44.8 Å². The summed E-state index contributed by atoms with van der Waals surface area (Å²) in [5.74, 6) is 0. The number of nitrogens with one attached hydrogen (secondary N) is 1. The zero-order valence-corrected chi connectivity index (χ0v) is 19.6. The number of fused-ring (bicyclic) bond motifs is 3. The van der Waals surface area contributed by atoms with Crippen LogP contribution in [-0.2, 0) is 6.42 Å². The third-order valence-corrected chi connectivity index (χ3v) is 6.80. The molecule has 0 fully saturated rings. The Hall–Kier alpha value is -0.800. The quantitative estimate of drug-likeness (QED) is 0.256. The fourth-order valence-corrected chi connectivity index (χ4v) is 4.90. The zero-order valence-electron chi connectivity index (χ0n) is 16.4. The Morgan fingerprint density at radius 3 is 2.07 bits per heavy atom. The van der Waals surface area contributed by atoms with Gasteiger partial charge < -0.3 is 4.98 Å². The molecule has 0 saturated heterocycles. The van der Waals surface area contributed by atoms with Crippen molar-refractivity contribution in [3.63, 3.8) is 0 Å². The molecule has 0 aliphatic carbocycles. The van der Waals surface area contributed by atoms with Gasteiger partial charge in [0, 0.05) is 25.2 Å². The first-order chi connectivity index (χ1) is 13.2. The van der Waals surface area contributed by atoms with Crippen LogP contribution < -0.4 is 0 Å². The van der Waals surface area contributed by atoms with Crippen molar-refractivity contribution in [2.75, 3.05) is 0 Å². The Morgan fingerprint density at radius 2 is 1.37 bits per heavy atom. The normalized spacial score (nSPS) is 11.7. The molecule has 146 valence electrons. The van der Waals surface area contributed by atoms with Gasteiger partial charge in [-0.3, -0.25) is 0 Å². The van der Waals surface area contributed by atoms with Crippen LogP contribution in [0.1, 0.15) is 76.7 Å². The van der Waals surface area contributed by atoms with Crippen molar-refractivity contribution < 1.29 is 0 Å². The number of rotatable bonds is 11. The standard InChI is InChI=1S/C24H31Br2N/c1-2-3-4-5-6-7-8-9-10-11-12-21-22(26)16-15-20-19-14-13-18(25)17-23(19)27-24(20)21/h13-17,27H,2-12H2,1H3. The molecule has 0 bridgehead atoms. The molecule has 0 atom stereocenters. The predicted molar refractivity (Wildman–Crippen MR) is 127 cm³/mol. The zero-order chi connectivity index (χ0) is 19.1. The van der Waals surface area contributed by atoms with Crippen LogP contribution >= 0.6 is 31.9 Å². The van der Waals surface area contributed by atoms with Gasteiger partial charge in [0.15, 0.2) is 0 Å². The van der Waals surface area contributed by atoms with E-state index in [0.717, 1.165) is 10.9 Å². The average Bonchev–Trinajstić information content (AvgIpc) is 3.02. The topological polar surface area (TPSA) is 15.8 Å². The highest BCUT2D eigenvalue weighted by molar-refractivity contribution is 9.10. The number of benzene rings is 2. The third-order valence-electron chi connectivity index (χ3n) is 5.57. The van der Waals surface area contributed by atoms with Crippen LogP contribution in [0.2, 0.25) is 0 Å². The van der Waals surface area contributed by atoms with Gasteiger partial charge in [-0.2, -0.15) is 0 Å². The maximum absolute atomic E-state index is 3.78. The lowest BCUT2D eigenvalue weighted by Gasteiger charge is -2.07. The Kier molecular flexibility index (Phi) is 8.26. The predicted octanol–water partition coefficient (Wildman–Crippen LogP) is 9.31. The van der Waals surface area contributed by atoms with E-state index in [4.69, 9.17) is 0 Å². The summed E-state index contributed by atoms with van der Waals surface area (Å²) in [6, 6.07) is 10.9. The second kappa shape index (κ2) is 10.7. The molecule has 1 heterocycles. The van der Waals surface area contributed by atoms with E-state index in [1.807, 2.05) is 0 Å². The number of H-pyrrole nitrogens is 1. The van der Waals surface area contributed by atoms with Crippen molar-refractivity contribution in [1.29, 1.82) is 0 Å². The lowest BCUT2D eigenvalue weighted by atomic mass is 10.0. The molecule has 1 aromatic heterocycles. The average molecular weight is 493 g/mol. The second-order valence-electron chi connectivity index (χ2n) is 7.70. The van der Waals surface area contributed by atoms with E-state index < -0.39 is 0 Å². The molecule has 2 aromatic carbocycles. The smallest absolute Gasteiger partial charge is 0.0508 e. The fraction of sp³-hybridized carbons (Fsp3) is 0.500. The van der Waals surface area contributed by atoms with E-state index in [0.29, 0.717) is 0 Å². The number of unbranched alkanes of at least 4 members (excludes halogenated alkanes) is 9. The molecule has 3 heteroatoms.